The van der Waals surface area contributed by atoms with Crippen molar-refractivity contribution in [2.24, 2.45) is 0 Å². The molecule has 0 unspecified atom stereocenters. The number of furan rings is 1. The molecule has 1 amide bonds. The van der Waals surface area contributed by atoms with Crippen molar-refractivity contribution >= 4 is 29.3 Å². The van der Waals surface area contributed by atoms with Gasteiger partial charge in [0.15, 0.2) is 5.16 Å². The lowest BCUT2D eigenvalue weighted by Gasteiger charge is -2.17. The van der Waals surface area contributed by atoms with Crippen molar-refractivity contribution < 1.29 is 9.21 Å². The van der Waals surface area contributed by atoms with Crippen molar-refractivity contribution in [2.75, 3.05) is 29.1 Å². The van der Waals surface area contributed by atoms with Crippen LogP contribution in [0.2, 0.25) is 0 Å². The summed E-state index contributed by atoms with van der Waals surface area (Å²) in [6, 6.07) is 13.2. The van der Waals surface area contributed by atoms with Gasteiger partial charge in [-0.3, -0.25) is 9.36 Å². The normalized spacial score (nSPS) is 13.9. The lowest BCUT2D eigenvalue weighted by molar-refractivity contribution is -0.113. The fraction of sp³-hybridized carbons (Fsp3) is 0.316. The monoisotopic (exact) mass is 383 g/mol. The van der Waals surface area contributed by atoms with Crippen molar-refractivity contribution in [1.29, 1.82) is 0 Å². The largest absolute Gasteiger partial charge is 0.467 e. The maximum atomic E-state index is 12.3. The second-order valence-corrected chi connectivity index (χ2v) is 7.29. The standard InChI is InChI=1S/C19H21N5O2S/c25-17(20-15-7-2-1-3-8-15)14-27-19-22-21-18(23-10-4-5-11-23)24(19)13-16-9-6-12-26-16/h1-3,6-9,12H,4-5,10-11,13-14H2,(H,20,25). The second-order valence-electron chi connectivity index (χ2n) is 6.35. The Bertz CT molecular complexity index is 873. The zero-order valence-corrected chi connectivity index (χ0v) is 15.7. The molecule has 0 bridgehead atoms. The summed E-state index contributed by atoms with van der Waals surface area (Å²) in [6.45, 7) is 2.51. The van der Waals surface area contributed by atoms with Gasteiger partial charge in [-0.05, 0) is 37.1 Å². The topological polar surface area (TPSA) is 76.2 Å². The summed E-state index contributed by atoms with van der Waals surface area (Å²) in [5.41, 5.74) is 0.790. The number of nitrogens with zero attached hydrogens (tertiary/aromatic N) is 4. The van der Waals surface area contributed by atoms with Gasteiger partial charge >= 0.3 is 0 Å². The van der Waals surface area contributed by atoms with Crippen LogP contribution < -0.4 is 10.2 Å². The van der Waals surface area contributed by atoms with Gasteiger partial charge in [-0.25, -0.2) is 0 Å². The van der Waals surface area contributed by atoms with Gasteiger partial charge in [0.2, 0.25) is 11.9 Å². The Labute approximate surface area is 161 Å². The third-order valence-corrected chi connectivity index (χ3v) is 5.34. The summed E-state index contributed by atoms with van der Waals surface area (Å²) in [4.78, 5) is 14.5. The van der Waals surface area contributed by atoms with E-state index in [4.69, 9.17) is 4.42 Å². The lowest BCUT2D eigenvalue weighted by Crippen LogP contribution is -2.22. The molecule has 1 N–H and O–H groups in total. The second kappa shape index (κ2) is 8.30. The van der Waals surface area contributed by atoms with Crippen LogP contribution in [-0.4, -0.2) is 39.5 Å². The van der Waals surface area contributed by atoms with Gasteiger partial charge in [-0.1, -0.05) is 30.0 Å². The van der Waals surface area contributed by atoms with Crippen LogP contribution in [0.3, 0.4) is 0 Å². The van der Waals surface area contributed by atoms with E-state index >= 15 is 0 Å². The number of nitrogens with one attached hydrogen (secondary N) is 1. The number of rotatable bonds is 7. The fourth-order valence-electron chi connectivity index (χ4n) is 3.08. The molecule has 1 aliphatic heterocycles. The Hall–Kier alpha value is -2.74. The van der Waals surface area contributed by atoms with Crippen molar-refractivity contribution in [3.05, 3.63) is 54.5 Å². The van der Waals surface area contributed by atoms with Crippen LogP contribution in [0.25, 0.3) is 0 Å². The van der Waals surface area contributed by atoms with Crippen LogP contribution in [0.15, 0.2) is 58.3 Å². The number of aromatic nitrogens is 3. The molecule has 3 aromatic rings. The summed E-state index contributed by atoms with van der Waals surface area (Å²) in [5, 5.41) is 12.3. The van der Waals surface area contributed by atoms with Gasteiger partial charge in [-0.15, -0.1) is 10.2 Å². The van der Waals surface area contributed by atoms with Crippen LogP contribution in [0.4, 0.5) is 11.6 Å². The number of hydrogen-bond acceptors (Lipinski definition) is 6. The maximum Gasteiger partial charge on any atom is 0.234 e. The van der Waals surface area contributed by atoms with E-state index < -0.39 is 0 Å². The molecule has 1 saturated heterocycles. The van der Waals surface area contributed by atoms with E-state index in [2.05, 4.69) is 20.4 Å². The van der Waals surface area contributed by atoms with Gasteiger partial charge in [0.1, 0.15) is 5.76 Å². The first-order valence-electron chi connectivity index (χ1n) is 8.98. The molecular weight excluding hydrogens is 362 g/mol. The Morgan fingerprint density at radius 2 is 1.93 bits per heavy atom. The molecule has 0 aliphatic carbocycles. The molecule has 1 fully saturated rings. The summed E-state index contributed by atoms with van der Waals surface area (Å²) in [5.74, 6) is 1.88. The average Bonchev–Trinajstić information content (AvgIpc) is 3.44. The van der Waals surface area contributed by atoms with E-state index in [9.17, 15) is 4.79 Å². The highest BCUT2D eigenvalue weighted by Crippen LogP contribution is 2.26. The van der Waals surface area contributed by atoms with Crippen molar-refractivity contribution in [3.63, 3.8) is 0 Å². The van der Waals surface area contributed by atoms with Crippen LogP contribution in [-0.2, 0) is 11.3 Å². The van der Waals surface area contributed by atoms with Gasteiger partial charge in [0.05, 0.1) is 18.6 Å². The van der Waals surface area contributed by atoms with Crippen LogP contribution in [0, 0.1) is 0 Å². The predicted octanol–water partition coefficient (Wildman–Crippen LogP) is 3.25. The van der Waals surface area contributed by atoms with E-state index in [0.29, 0.717) is 6.54 Å². The van der Waals surface area contributed by atoms with Crippen LogP contribution in [0.5, 0.6) is 0 Å². The first kappa shape index (κ1) is 17.7. The molecule has 0 atom stereocenters. The highest BCUT2D eigenvalue weighted by atomic mass is 32.2. The zero-order chi connectivity index (χ0) is 18.5. The van der Waals surface area contributed by atoms with Crippen molar-refractivity contribution in [3.8, 4) is 0 Å². The Balaban J connectivity index is 1.47. The molecule has 8 heteroatoms. The van der Waals surface area contributed by atoms with Gasteiger partial charge < -0.3 is 14.6 Å². The molecule has 2 aromatic heterocycles. The van der Waals surface area contributed by atoms with Gasteiger partial charge in [0.25, 0.3) is 0 Å². The predicted molar refractivity (Wildman–Crippen MR) is 105 cm³/mol. The molecule has 0 radical (unpaired) electrons. The fourth-order valence-corrected chi connectivity index (χ4v) is 3.82. The minimum Gasteiger partial charge on any atom is -0.467 e. The molecule has 3 heterocycles. The van der Waals surface area contributed by atoms with Crippen LogP contribution >= 0.6 is 11.8 Å². The first-order valence-corrected chi connectivity index (χ1v) is 9.96. The van der Waals surface area contributed by atoms with Gasteiger partial charge in [-0.2, -0.15) is 0 Å². The Kier molecular flexibility index (Phi) is 5.43. The maximum absolute atomic E-state index is 12.3. The highest BCUT2D eigenvalue weighted by molar-refractivity contribution is 7.99. The van der Waals surface area contributed by atoms with Crippen molar-refractivity contribution in [1.82, 2.24) is 14.8 Å². The Morgan fingerprint density at radius 3 is 2.67 bits per heavy atom. The third-order valence-electron chi connectivity index (χ3n) is 4.37. The molecular formula is C19H21N5O2S. The van der Waals surface area contributed by atoms with Crippen molar-refractivity contribution in [2.45, 2.75) is 24.5 Å². The minimum absolute atomic E-state index is 0.0681. The summed E-state index contributed by atoms with van der Waals surface area (Å²) in [6.07, 6.45) is 3.99. The lowest BCUT2D eigenvalue weighted by atomic mass is 10.3. The molecule has 0 saturated carbocycles. The molecule has 1 aliphatic rings. The molecule has 7 nitrogen and oxygen atoms in total. The minimum atomic E-state index is -0.0681. The summed E-state index contributed by atoms with van der Waals surface area (Å²) >= 11 is 1.38. The number of anilines is 2. The number of thioether (sulfide) groups is 1. The number of carbonyl (C=O) groups is 1. The van der Waals surface area contributed by atoms with Gasteiger partial charge in [0, 0.05) is 18.8 Å². The van der Waals surface area contributed by atoms with Crippen LogP contribution in [0.1, 0.15) is 18.6 Å². The summed E-state index contributed by atoms with van der Waals surface area (Å²) < 4.78 is 7.53. The number of benzene rings is 1. The number of carbonyl (C=O) groups excluding carboxylic acids is 1. The molecule has 140 valence electrons. The molecule has 1 aromatic carbocycles. The first-order chi connectivity index (χ1) is 13.3. The molecule has 27 heavy (non-hydrogen) atoms. The smallest absolute Gasteiger partial charge is 0.234 e. The molecule has 0 spiro atoms. The number of hydrogen-bond donors (Lipinski definition) is 1. The van der Waals surface area contributed by atoms with E-state index in [0.717, 1.165) is 48.5 Å². The quantitative estimate of drug-likeness (QED) is 0.631. The van der Waals surface area contributed by atoms with E-state index in [1.165, 1.54) is 11.8 Å². The number of para-hydroxylation sites is 1. The third kappa shape index (κ3) is 4.33. The average molecular weight is 383 g/mol. The molecule has 4 rings (SSSR count). The highest BCUT2D eigenvalue weighted by Gasteiger charge is 2.22. The van der Waals surface area contributed by atoms with E-state index in [1.807, 2.05) is 47.0 Å². The number of amides is 1. The zero-order valence-electron chi connectivity index (χ0n) is 14.9. The van der Waals surface area contributed by atoms with E-state index in [-0.39, 0.29) is 11.7 Å². The SMILES string of the molecule is O=C(CSc1nnc(N2CCCC2)n1Cc1ccco1)Nc1ccccc1. The summed E-state index contributed by atoms with van der Waals surface area (Å²) in [7, 11) is 0. The van der Waals surface area contributed by atoms with E-state index in [1.54, 1.807) is 6.26 Å². The Morgan fingerprint density at radius 1 is 1.11 bits per heavy atom.